The Kier molecular flexibility index (Phi) is 9.26. The molecule has 0 radical (unpaired) electrons. The summed E-state index contributed by atoms with van der Waals surface area (Å²) in [6.45, 7) is 21.4. The van der Waals surface area contributed by atoms with E-state index in [1.165, 1.54) is 52.6 Å². The molecule has 3 aromatic rings. The van der Waals surface area contributed by atoms with Crippen molar-refractivity contribution in [1.82, 2.24) is 0 Å². The molecule has 0 aliphatic rings. The third-order valence-corrected chi connectivity index (χ3v) is 13.2. The van der Waals surface area contributed by atoms with Gasteiger partial charge in [0.15, 0.2) is 0 Å². The minimum absolute atomic E-state index is 0.751. The Labute approximate surface area is 214 Å². The van der Waals surface area contributed by atoms with E-state index in [2.05, 4.69) is 117 Å². The van der Waals surface area contributed by atoms with Crippen molar-refractivity contribution in [2.45, 2.75) is 95.9 Å². The fourth-order valence-electron chi connectivity index (χ4n) is 5.51. The van der Waals surface area contributed by atoms with Crippen molar-refractivity contribution in [2.24, 2.45) is 0 Å². The van der Waals surface area contributed by atoms with Crippen LogP contribution >= 0.6 is 0 Å². The normalized spacial score (nSPS) is 14.3. The van der Waals surface area contributed by atoms with Crippen molar-refractivity contribution in [2.75, 3.05) is 0 Å². The van der Waals surface area contributed by atoms with Crippen LogP contribution in [0.3, 0.4) is 0 Å². The molecule has 3 rings (SSSR count). The van der Waals surface area contributed by atoms with Crippen LogP contribution < -0.4 is 0 Å². The molecule has 0 spiro atoms. The first-order valence-corrected chi connectivity index (χ1v) is 15.2. The van der Waals surface area contributed by atoms with Crippen LogP contribution in [0.4, 0.5) is 0 Å². The Morgan fingerprint density at radius 1 is 0.471 bits per heavy atom. The van der Waals surface area contributed by atoms with Gasteiger partial charge in [-0.3, -0.25) is 0 Å². The van der Waals surface area contributed by atoms with Crippen LogP contribution in [0, 0.1) is 41.5 Å². The van der Waals surface area contributed by atoms with E-state index in [0.29, 0.717) is 0 Å². The summed E-state index contributed by atoms with van der Waals surface area (Å²) in [7, 11) is 0. The van der Waals surface area contributed by atoms with Crippen LogP contribution in [0.5, 0.6) is 0 Å². The van der Waals surface area contributed by atoms with E-state index in [9.17, 15) is 0 Å². The second-order valence-electron chi connectivity index (χ2n) is 10.5. The predicted molar refractivity (Wildman–Crippen MR) is 147 cm³/mol. The number of hydrogen-bond donors (Lipinski definition) is 0. The molecule has 0 amide bonds. The molecule has 0 saturated carbocycles. The number of aryl methyl sites for hydroxylation is 3. The van der Waals surface area contributed by atoms with Gasteiger partial charge < -0.3 is 0 Å². The van der Waals surface area contributed by atoms with Crippen LogP contribution in [0.2, 0.25) is 14.3 Å². The van der Waals surface area contributed by atoms with E-state index >= 15 is 0 Å². The van der Waals surface area contributed by atoms with Gasteiger partial charge in [-0.2, -0.15) is 0 Å². The first kappa shape index (κ1) is 26.8. The summed E-state index contributed by atoms with van der Waals surface area (Å²) in [5, 5.41) is 0. The molecule has 0 fully saturated rings. The van der Waals surface area contributed by atoms with Gasteiger partial charge in [-0.15, -0.1) is 0 Å². The molecule has 0 N–H and O–H groups in total. The van der Waals surface area contributed by atoms with E-state index in [4.69, 9.17) is 0 Å². The molecule has 0 aliphatic carbocycles. The first-order valence-electron chi connectivity index (χ1n) is 13.0. The minimum atomic E-state index is -0.956. The molecule has 183 valence electrons. The van der Waals surface area contributed by atoms with Crippen LogP contribution in [-0.2, 0) is 33.4 Å². The fraction of sp³-hybridized carbons (Fsp3) is 0.455. The number of benzene rings is 3. The van der Waals surface area contributed by atoms with E-state index in [1.807, 2.05) is 0 Å². The quantitative estimate of drug-likeness (QED) is 0.278. The zero-order valence-electron chi connectivity index (χ0n) is 23.0. The van der Waals surface area contributed by atoms with E-state index in [1.54, 1.807) is 16.7 Å². The van der Waals surface area contributed by atoms with Crippen molar-refractivity contribution in [3.05, 3.63) is 105 Å². The van der Waals surface area contributed by atoms with Gasteiger partial charge in [0.25, 0.3) is 0 Å². The standard InChI is InChI=1S/3C11H15.Cr/c3*1-4-6-11-8-5-7-9(2)10(11)3;/h3*4-5,7-8H,6H2,1-3H3;. The number of rotatable bonds is 9. The van der Waals surface area contributed by atoms with Gasteiger partial charge in [0.05, 0.1) is 0 Å². The Morgan fingerprint density at radius 3 is 1.00 bits per heavy atom. The number of hydrogen-bond acceptors (Lipinski definition) is 0. The summed E-state index contributed by atoms with van der Waals surface area (Å²) >= 11 is -0.956. The predicted octanol–water partition coefficient (Wildman–Crippen LogP) is 9.61. The maximum atomic E-state index is 2.56. The Hall–Kier alpha value is -1.81. The molecule has 34 heavy (non-hydrogen) atoms. The molecule has 0 nitrogen and oxygen atoms in total. The molecule has 1 heteroatoms. The van der Waals surface area contributed by atoms with Crippen LogP contribution in [0.1, 0.15) is 70.8 Å². The summed E-state index contributed by atoms with van der Waals surface area (Å²) in [6.07, 6.45) is 3.64. The van der Waals surface area contributed by atoms with E-state index in [-0.39, 0.29) is 0 Å². The molecule has 3 atom stereocenters. The summed E-state index contributed by atoms with van der Waals surface area (Å²) in [4.78, 5) is 0. The van der Waals surface area contributed by atoms with Crippen molar-refractivity contribution >= 4 is 0 Å². The second kappa shape index (κ2) is 11.8. The summed E-state index contributed by atoms with van der Waals surface area (Å²) in [5.41, 5.74) is 13.4. The summed E-state index contributed by atoms with van der Waals surface area (Å²) < 4.78 is 2.25. The topological polar surface area (TPSA) is 0 Å². The molecule has 3 aromatic carbocycles. The molecular formula is C33H45Cr. The van der Waals surface area contributed by atoms with Gasteiger partial charge in [0.1, 0.15) is 0 Å². The van der Waals surface area contributed by atoms with Crippen molar-refractivity contribution in [1.29, 1.82) is 0 Å². The molecule has 0 bridgehead atoms. The van der Waals surface area contributed by atoms with Gasteiger partial charge in [0.2, 0.25) is 0 Å². The average Bonchev–Trinajstić information content (AvgIpc) is 2.78. The zero-order chi connectivity index (χ0) is 25.0. The van der Waals surface area contributed by atoms with Gasteiger partial charge in [0, 0.05) is 0 Å². The van der Waals surface area contributed by atoms with Gasteiger partial charge >= 0.3 is 215 Å². The monoisotopic (exact) mass is 493 g/mol. The third kappa shape index (κ3) is 6.24. The van der Waals surface area contributed by atoms with Crippen molar-refractivity contribution in [3.63, 3.8) is 0 Å². The molecule has 0 aromatic heterocycles. The van der Waals surface area contributed by atoms with Gasteiger partial charge in [-0.1, -0.05) is 0 Å². The summed E-state index contributed by atoms with van der Waals surface area (Å²) in [5.74, 6) is 0. The molecular weight excluding hydrogens is 448 g/mol. The molecule has 0 aliphatic heterocycles. The van der Waals surface area contributed by atoms with E-state index < -0.39 is 14.1 Å². The summed E-state index contributed by atoms with van der Waals surface area (Å²) in [6, 6.07) is 20.6. The van der Waals surface area contributed by atoms with Crippen molar-refractivity contribution in [3.8, 4) is 0 Å². The Morgan fingerprint density at radius 2 is 0.735 bits per heavy atom. The van der Waals surface area contributed by atoms with Crippen LogP contribution in [-0.4, -0.2) is 0 Å². The van der Waals surface area contributed by atoms with E-state index in [0.717, 1.165) is 14.3 Å². The Balaban J connectivity index is 1.91. The maximum absolute atomic E-state index is 2.56. The second-order valence-corrected chi connectivity index (χ2v) is 15.6. The first-order chi connectivity index (χ1) is 16.1. The molecule has 3 unspecified atom stereocenters. The molecule has 0 heterocycles. The van der Waals surface area contributed by atoms with Crippen LogP contribution in [0.25, 0.3) is 0 Å². The zero-order valence-corrected chi connectivity index (χ0v) is 24.2. The Bertz CT molecular complexity index is 968. The van der Waals surface area contributed by atoms with Gasteiger partial charge in [-0.05, 0) is 0 Å². The SMILES string of the molecule is Cc1cccc(C[CH](C)[Cr]([CH](C)Cc2cccc(C)c2C)[CH](C)Cc2cccc(C)c2C)c1C. The van der Waals surface area contributed by atoms with Crippen molar-refractivity contribution < 1.29 is 14.1 Å². The van der Waals surface area contributed by atoms with Crippen LogP contribution in [0.15, 0.2) is 54.6 Å². The third-order valence-electron chi connectivity index (χ3n) is 8.07. The fourth-order valence-corrected chi connectivity index (χ4v) is 11.0. The van der Waals surface area contributed by atoms with Gasteiger partial charge in [-0.25, -0.2) is 0 Å². The average molecular weight is 494 g/mol. The molecule has 0 saturated heterocycles.